The van der Waals surface area contributed by atoms with Crippen LogP contribution in [0.3, 0.4) is 0 Å². The Labute approximate surface area is 160 Å². The number of rotatable bonds is 5. The van der Waals surface area contributed by atoms with Crippen molar-refractivity contribution in [1.82, 2.24) is 5.32 Å². The number of fused-ring (bicyclic) bond motifs is 1. The molecule has 0 amide bonds. The first-order valence-corrected chi connectivity index (χ1v) is 9.57. The van der Waals surface area contributed by atoms with Crippen molar-refractivity contribution in [3.05, 3.63) is 98.0 Å². The second-order valence-corrected chi connectivity index (χ2v) is 7.49. The van der Waals surface area contributed by atoms with Crippen LogP contribution in [0.5, 0.6) is 5.75 Å². The number of phenolic OH excluding ortho intramolecular Hbond substituents is 1. The smallest absolute Gasteiger partial charge is 0.336 e. The predicted octanol–water partition coefficient (Wildman–Crippen LogP) is 4.75. The largest absolute Gasteiger partial charge is 0.508 e. The van der Waals surface area contributed by atoms with Gasteiger partial charge in [0.15, 0.2) is 0 Å². The van der Waals surface area contributed by atoms with Crippen LogP contribution in [0, 0.1) is 6.92 Å². The summed E-state index contributed by atoms with van der Waals surface area (Å²) in [5, 5.41) is 16.1. The maximum absolute atomic E-state index is 11.9. The van der Waals surface area contributed by atoms with Crippen LogP contribution in [0.2, 0.25) is 0 Å². The van der Waals surface area contributed by atoms with E-state index < -0.39 is 5.63 Å². The number of thiophene rings is 1. The average Bonchev–Trinajstić information content (AvgIpc) is 3.17. The Bertz CT molecular complexity index is 1110. The lowest BCUT2D eigenvalue weighted by atomic mass is 10.0. The molecule has 0 aliphatic carbocycles. The molecule has 5 heteroatoms. The zero-order valence-electron chi connectivity index (χ0n) is 14.8. The lowest BCUT2D eigenvalue weighted by molar-refractivity contribution is 0.473. The van der Waals surface area contributed by atoms with Gasteiger partial charge in [0.1, 0.15) is 11.3 Å². The summed E-state index contributed by atoms with van der Waals surface area (Å²) in [7, 11) is 0. The number of hydrogen-bond acceptors (Lipinski definition) is 5. The van der Waals surface area contributed by atoms with Crippen molar-refractivity contribution < 1.29 is 9.52 Å². The van der Waals surface area contributed by atoms with E-state index in [4.69, 9.17) is 4.42 Å². The molecule has 4 nitrogen and oxygen atoms in total. The normalized spacial score (nSPS) is 12.3. The predicted molar refractivity (Wildman–Crippen MR) is 108 cm³/mol. The summed E-state index contributed by atoms with van der Waals surface area (Å²) in [5.41, 5.74) is 3.20. The van der Waals surface area contributed by atoms with Crippen molar-refractivity contribution in [2.45, 2.75) is 19.5 Å². The third-order valence-electron chi connectivity index (χ3n) is 4.55. The monoisotopic (exact) mass is 377 g/mol. The van der Waals surface area contributed by atoms with Gasteiger partial charge in [0.2, 0.25) is 0 Å². The molecule has 0 radical (unpaired) electrons. The minimum atomic E-state index is -0.423. The molecule has 2 aromatic heterocycles. The maximum atomic E-state index is 11.9. The van der Waals surface area contributed by atoms with Gasteiger partial charge < -0.3 is 14.8 Å². The summed E-state index contributed by atoms with van der Waals surface area (Å²) in [6.45, 7) is 2.57. The Hall–Kier alpha value is -2.89. The Morgan fingerprint density at radius 3 is 2.67 bits per heavy atom. The Balaban J connectivity index is 1.68. The second kappa shape index (κ2) is 7.39. The standard InChI is InChI=1S/C22H19NO3S/c1-14-4-6-15(7-5-14)22(20-3-2-10-27-20)23-13-16-11-21(25)26-19-12-17(24)8-9-18(16)19/h2-12,22-24H,13H2,1H3/t22-/m0/s1. The SMILES string of the molecule is Cc1ccc([C@H](NCc2cc(=O)oc3cc(O)ccc23)c2cccs2)cc1. The summed E-state index contributed by atoms with van der Waals surface area (Å²) >= 11 is 1.70. The fourth-order valence-corrected chi connectivity index (χ4v) is 4.00. The highest BCUT2D eigenvalue weighted by Gasteiger charge is 2.16. The molecule has 0 aliphatic rings. The summed E-state index contributed by atoms with van der Waals surface area (Å²) in [6, 6.07) is 19.0. The summed E-state index contributed by atoms with van der Waals surface area (Å²) in [4.78, 5) is 13.1. The third-order valence-corrected chi connectivity index (χ3v) is 5.49. The number of hydrogen-bond donors (Lipinski definition) is 2. The number of aromatic hydroxyl groups is 1. The van der Waals surface area contributed by atoms with Crippen LogP contribution in [0.4, 0.5) is 0 Å². The highest BCUT2D eigenvalue weighted by atomic mass is 32.1. The van der Waals surface area contributed by atoms with E-state index in [0.29, 0.717) is 12.1 Å². The number of nitrogens with one attached hydrogen (secondary N) is 1. The minimum absolute atomic E-state index is 0.0324. The Kier molecular flexibility index (Phi) is 4.79. The van der Waals surface area contributed by atoms with Crippen molar-refractivity contribution >= 4 is 22.3 Å². The molecule has 2 N–H and O–H groups in total. The van der Waals surface area contributed by atoms with Crippen molar-refractivity contribution in [1.29, 1.82) is 0 Å². The minimum Gasteiger partial charge on any atom is -0.508 e. The molecule has 4 aromatic rings. The molecule has 0 bridgehead atoms. The van der Waals surface area contributed by atoms with E-state index in [2.05, 4.69) is 48.0 Å². The van der Waals surface area contributed by atoms with E-state index >= 15 is 0 Å². The van der Waals surface area contributed by atoms with Crippen LogP contribution in [0.25, 0.3) is 11.0 Å². The van der Waals surface area contributed by atoms with Crippen LogP contribution in [-0.4, -0.2) is 5.11 Å². The molecule has 136 valence electrons. The van der Waals surface area contributed by atoms with Crippen molar-refractivity contribution in [2.24, 2.45) is 0 Å². The van der Waals surface area contributed by atoms with E-state index in [1.807, 2.05) is 6.07 Å². The Morgan fingerprint density at radius 1 is 1.11 bits per heavy atom. The molecule has 0 fully saturated rings. The highest BCUT2D eigenvalue weighted by molar-refractivity contribution is 7.10. The van der Waals surface area contributed by atoms with Gasteiger partial charge in [-0.25, -0.2) is 4.79 Å². The molecule has 0 unspecified atom stereocenters. The van der Waals surface area contributed by atoms with Crippen LogP contribution < -0.4 is 10.9 Å². The molecule has 0 aliphatic heterocycles. The van der Waals surface area contributed by atoms with Gasteiger partial charge in [-0.1, -0.05) is 35.9 Å². The van der Waals surface area contributed by atoms with Crippen molar-refractivity contribution in [2.75, 3.05) is 0 Å². The molecule has 2 heterocycles. The van der Waals surface area contributed by atoms with Crippen molar-refractivity contribution in [3.63, 3.8) is 0 Å². The van der Waals surface area contributed by atoms with E-state index in [9.17, 15) is 9.90 Å². The van der Waals surface area contributed by atoms with E-state index in [1.54, 1.807) is 23.5 Å². The van der Waals surface area contributed by atoms with Crippen LogP contribution in [0.15, 0.2) is 75.3 Å². The second-order valence-electron chi connectivity index (χ2n) is 6.51. The molecule has 4 rings (SSSR count). The molecular weight excluding hydrogens is 358 g/mol. The summed E-state index contributed by atoms with van der Waals surface area (Å²) in [5.74, 6) is 0.0758. The first-order valence-electron chi connectivity index (χ1n) is 8.69. The molecule has 0 saturated carbocycles. The van der Waals surface area contributed by atoms with Gasteiger partial charge in [-0.3, -0.25) is 0 Å². The third kappa shape index (κ3) is 3.79. The van der Waals surface area contributed by atoms with Crippen LogP contribution in [-0.2, 0) is 6.54 Å². The van der Waals surface area contributed by atoms with E-state index in [1.165, 1.54) is 28.1 Å². The van der Waals surface area contributed by atoms with E-state index in [0.717, 1.165) is 10.9 Å². The molecule has 27 heavy (non-hydrogen) atoms. The highest BCUT2D eigenvalue weighted by Crippen LogP contribution is 2.28. The van der Waals surface area contributed by atoms with Crippen molar-refractivity contribution in [3.8, 4) is 5.75 Å². The van der Waals surface area contributed by atoms with Gasteiger partial charge in [0.05, 0.1) is 6.04 Å². The molecular formula is C22H19NO3S. The first-order chi connectivity index (χ1) is 13.1. The summed E-state index contributed by atoms with van der Waals surface area (Å²) in [6.07, 6.45) is 0. The van der Waals surface area contributed by atoms with Gasteiger partial charge in [-0.15, -0.1) is 11.3 Å². The fraction of sp³-hybridized carbons (Fsp3) is 0.136. The zero-order chi connectivity index (χ0) is 18.8. The topological polar surface area (TPSA) is 62.5 Å². The fourth-order valence-electron chi connectivity index (χ4n) is 3.17. The maximum Gasteiger partial charge on any atom is 0.336 e. The molecule has 0 spiro atoms. The molecule has 2 aromatic carbocycles. The lowest BCUT2D eigenvalue weighted by Gasteiger charge is -2.19. The Morgan fingerprint density at radius 2 is 1.93 bits per heavy atom. The number of phenols is 1. The number of benzene rings is 2. The quantitative estimate of drug-likeness (QED) is 0.493. The van der Waals surface area contributed by atoms with Gasteiger partial charge in [0, 0.05) is 28.9 Å². The van der Waals surface area contributed by atoms with Crippen LogP contribution in [0.1, 0.15) is 27.6 Å². The first kappa shape index (κ1) is 17.5. The zero-order valence-corrected chi connectivity index (χ0v) is 15.6. The molecule has 1 atom stereocenters. The average molecular weight is 377 g/mol. The van der Waals surface area contributed by atoms with Gasteiger partial charge in [-0.2, -0.15) is 0 Å². The van der Waals surface area contributed by atoms with E-state index in [-0.39, 0.29) is 11.8 Å². The van der Waals surface area contributed by atoms with Gasteiger partial charge >= 0.3 is 5.63 Å². The van der Waals surface area contributed by atoms with Gasteiger partial charge in [0.25, 0.3) is 0 Å². The summed E-state index contributed by atoms with van der Waals surface area (Å²) < 4.78 is 5.22. The number of aryl methyl sites for hydroxylation is 1. The van der Waals surface area contributed by atoms with Crippen LogP contribution >= 0.6 is 11.3 Å². The lowest BCUT2D eigenvalue weighted by Crippen LogP contribution is -2.22. The van der Waals surface area contributed by atoms with Gasteiger partial charge in [-0.05, 0) is 41.6 Å². The molecule has 0 saturated heterocycles.